The minimum absolute atomic E-state index is 0.0179. The van der Waals surface area contributed by atoms with E-state index in [1.165, 1.54) is 12.8 Å². The van der Waals surface area contributed by atoms with Gasteiger partial charge in [0.2, 0.25) is 0 Å². The molecule has 1 N–H and O–H groups in total. The molecule has 2 saturated heterocycles. The molecule has 5 nitrogen and oxygen atoms in total. The molecular formula is C12H19NO4. The van der Waals surface area contributed by atoms with Crippen LogP contribution in [0.25, 0.3) is 0 Å². The zero-order valence-electron chi connectivity index (χ0n) is 9.93. The number of carbonyl (C=O) groups is 2. The number of carboxylic acids is 1. The van der Waals surface area contributed by atoms with Gasteiger partial charge in [-0.3, -0.25) is 4.79 Å². The minimum Gasteiger partial charge on any atom is -0.479 e. The Kier molecular flexibility index (Phi) is 3.99. The van der Waals surface area contributed by atoms with Crippen LogP contribution in [0.1, 0.15) is 38.5 Å². The van der Waals surface area contributed by atoms with E-state index < -0.39 is 18.2 Å². The highest BCUT2D eigenvalue weighted by Gasteiger charge is 2.36. The lowest BCUT2D eigenvalue weighted by molar-refractivity contribution is -0.154. The van der Waals surface area contributed by atoms with E-state index in [-0.39, 0.29) is 5.91 Å². The molecule has 0 spiro atoms. The minimum atomic E-state index is -0.962. The third-order valence-electron chi connectivity index (χ3n) is 3.49. The van der Waals surface area contributed by atoms with E-state index in [4.69, 9.17) is 9.84 Å². The van der Waals surface area contributed by atoms with Gasteiger partial charge in [0, 0.05) is 13.1 Å². The van der Waals surface area contributed by atoms with E-state index in [0.29, 0.717) is 12.8 Å². The van der Waals surface area contributed by atoms with Crippen LogP contribution in [0.5, 0.6) is 0 Å². The van der Waals surface area contributed by atoms with Crippen molar-refractivity contribution in [2.45, 2.75) is 50.7 Å². The van der Waals surface area contributed by atoms with Gasteiger partial charge in [0.25, 0.3) is 5.91 Å². The number of nitrogens with zero attached hydrogens (tertiary/aromatic N) is 1. The molecule has 1 amide bonds. The highest BCUT2D eigenvalue weighted by atomic mass is 16.5. The van der Waals surface area contributed by atoms with E-state index >= 15 is 0 Å². The first-order chi connectivity index (χ1) is 8.18. The van der Waals surface area contributed by atoms with Gasteiger partial charge in [0.15, 0.2) is 6.10 Å². The molecule has 0 bridgehead atoms. The molecule has 17 heavy (non-hydrogen) atoms. The van der Waals surface area contributed by atoms with Crippen LogP contribution in [0.15, 0.2) is 0 Å². The van der Waals surface area contributed by atoms with E-state index in [9.17, 15) is 9.59 Å². The summed E-state index contributed by atoms with van der Waals surface area (Å²) >= 11 is 0. The van der Waals surface area contributed by atoms with Crippen molar-refractivity contribution in [2.24, 2.45) is 0 Å². The Bertz CT molecular complexity index is 297. The van der Waals surface area contributed by atoms with Crippen LogP contribution in [-0.2, 0) is 14.3 Å². The molecule has 2 fully saturated rings. The Hall–Kier alpha value is -1.10. The second-order valence-electron chi connectivity index (χ2n) is 4.77. The summed E-state index contributed by atoms with van der Waals surface area (Å²) in [5.74, 6) is -0.980. The molecule has 0 saturated carbocycles. The maximum atomic E-state index is 12.1. The molecule has 96 valence electrons. The summed E-state index contributed by atoms with van der Waals surface area (Å²) in [6.07, 6.45) is 4.08. The molecular weight excluding hydrogens is 222 g/mol. The van der Waals surface area contributed by atoms with Crippen molar-refractivity contribution in [3.63, 3.8) is 0 Å². The van der Waals surface area contributed by atoms with Crippen molar-refractivity contribution in [2.75, 3.05) is 13.1 Å². The van der Waals surface area contributed by atoms with E-state index in [2.05, 4.69) is 0 Å². The number of amides is 1. The molecule has 2 unspecified atom stereocenters. The molecule has 2 aliphatic rings. The van der Waals surface area contributed by atoms with Crippen molar-refractivity contribution in [3.8, 4) is 0 Å². The van der Waals surface area contributed by atoms with Gasteiger partial charge in [-0.25, -0.2) is 4.79 Å². The number of ether oxygens (including phenoxy) is 1. The maximum absolute atomic E-state index is 12.1. The average Bonchev–Trinajstić information content (AvgIpc) is 2.65. The molecule has 0 aromatic carbocycles. The van der Waals surface area contributed by atoms with Gasteiger partial charge in [0.05, 0.1) is 0 Å². The van der Waals surface area contributed by atoms with Crippen LogP contribution in [0, 0.1) is 0 Å². The van der Waals surface area contributed by atoms with E-state index in [0.717, 1.165) is 25.9 Å². The Morgan fingerprint density at radius 2 is 1.59 bits per heavy atom. The van der Waals surface area contributed by atoms with Gasteiger partial charge in [-0.05, 0) is 25.7 Å². The number of rotatable bonds is 2. The monoisotopic (exact) mass is 241 g/mol. The number of hydrogen-bond donors (Lipinski definition) is 1. The predicted molar refractivity (Wildman–Crippen MR) is 60.6 cm³/mol. The first kappa shape index (κ1) is 12.4. The fourth-order valence-corrected chi connectivity index (χ4v) is 2.50. The van der Waals surface area contributed by atoms with Crippen LogP contribution < -0.4 is 0 Å². The lowest BCUT2D eigenvalue weighted by atomic mass is 10.2. The van der Waals surface area contributed by atoms with Gasteiger partial charge in [-0.1, -0.05) is 12.8 Å². The lowest BCUT2D eigenvalue weighted by Crippen LogP contribution is -2.40. The summed E-state index contributed by atoms with van der Waals surface area (Å²) in [4.78, 5) is 24.7. The van der Waals surface area contributed by atoms with Crippen molar-refractivity contribution in [3.05, 3.63) is 0 Å². The van der Waals surface area contributed by atoms with Crippen molar-refractivity contribution in [1.29, 1.82) is 0 Å². The Balaban J connectivity index is 1.89. The van der Waals surface area contributed by atoms with Gasteiger partial charge >= 0.3 is 5.97 Å². The third-order valence-corrected chi connectivity index (χ3v) is 3.49. The molecule has 2 heterocycles. The van der Waals surface area contributed by atoms with Gasteiger partial charge in [-0.2, -0.15) is 0 Å². The van der Waals surface area contributed by atoms with E-state index in [1.807, 2.05) is 4.90 Å². The highest BCUT2D eigenvalue weighted by molar-refractivity contribution is 5.82. The lowest BCUT2D eigenvalue weighted by Gasteiger charge is -2.23. The first-order valence-electron chi connectivity index (χ1n) is 6.35. The second kappa shape index (κ2) is 5.49. The number of likely N-dealkylation sites (tertiary alicyclic amines) is 1. The normalized spacial score (nSPS) is 30.0. The molecule has 2 aliphatic heterocycles. The summed E-state index contributed by atoms with van der Waals surface area (Å²) in [7, 11) is 0. The fourth-order valence-electron chi connectivity index (χ4n) is 2.50. The SMILES string of the molecule is O=C(O)C1CCC(C(=O)N2CCCCCC2)O1. The van der Waals surface area contributed by atoms with Gasteiger partial charge in [-0.15, -0.1) is 0 Å². The van der Waals surface area contributed by atoms with Crippen molar-refractivity contribution >= 4 is 11.9 Å². The number of aliphatic carboxylic acids is 1. The van der Waals surface area contributed by atoms with Gasteiger partial charge in [0.1, 0.15) is 6.10 Å². The fraction of sp³-hybridized carbons (Fsp3) is 0.833. The Morgan fingerprint density at radius 1 is 1.00 bits per heavy atom. The number of carboxylic acid groups (broad SMARTS) is 1. The summed E-state index contributed by atoms with van der Waals surface area (Å²) < 4.78 is 5.29. The predicted octanol–water partition coefficient (Wildman–Crippen LogP) is 1.02. The third kappa shape index (κ3) is 2.97. The maximum Gasteiger partial charge on any atom is 0.332 e. The second-order valence-corrected chi connectivity index (χ2v) is 4.77. The Morgan fingerprint density at radius 3 is 2.12 bits per heavy atom. The molecule has 0 radical (unpaired) electrons. The van der Waals surface area contributed by atoms with Crippen LogP contribution in [-0.4, -0.2) is 47.2 Å². The first-order valence-corrected chi connectivity index (χ1v) is 6.35. The zero-order chi connectivity index (χ0) is 12.3. The molecule has 5 heteroatoms. The Labute approximate surface area is 101 Å². The van der Waals surface area contributed by atoms with Crippen LogP contribution in [0.4, 0.5) is 0 Å². The summed E-state index contributed by atoms with van der Waals surface area (Å²) in [5.41, 5.74) is 0. The highest BCUT2D eigenvalue weighted by Crippen LogP contribution is 2.22. The van der Waals surface area contributed by atoms with Crippen molar-refractivity contribution < 1.29 is 19.4 Å². The average molecular weight is 241 g/mol. The van der Waals surface area contributed by atoms with Gasteiger partial charge < -0.3 is 14.7 Å². The molecule has 0 aliphatic carbocycles. The summed E-state index contributed by atoms with van der Waals surface area (Å²) in [6, 6.07) is 0. The topological polar surface area (TPSA) is 66.8 Å². The molecule has 0 aromatic rings. The van der Waals surface area contributed by atoms with Crippen LogP contribution >= 0.6 is 0 Å². The number of carbonyl (C=O) groups excluding carboxylic acids is 1. The van der Waals surface area contributed by atoms with Crippen molar-refractivity contribution in [1.82, 2.24) is 4.90 Å². The van der Waals surface area contributed by atoms with E-state index in [1.54, 1.807) is 0 Å². The summed E-state index contributed by atoms with van der Waals surface area (Å²) in [5, 5.41) is 8.82. The number of hydrogen-bond acceptors (Lipinski definition) is 3. The molecule has 0 aromatic heterocycles. The standard InChI is InChI=1S/C12H19NO4/c14-11(13-7-3-1-2-4-8-13)9-5-6-10(17-9)12(15)16/h9-10H,1-8H2,(H,15,16). The zero-order valence-corrected chi connectivity index (χ0v) is 9.93. The summed E-state index contributed by atoms with van der Waals surface area (Å²) in [6.45, 7) is 1.58. The van der Waals surface area contributed by atoms with Crippen LogP contribution in [0.3, 0.4) is 0 Å². The quantitative estimate of drug-likeness (QED) is 0.784. The van der Waals surface area contributed by atoms with Crippen LogP contribution in [0.2, 0.25) is 0 Å². The smallest absolute Gasteiger partial charge is 0.332 e. The molecule has 2 atom stereocenters. The largest absolute Gasteiger partial charge is 0.479 e. The molecule has 2 rings (SSSR count).